The van der Waals surface area contributed by atoms with Crippen LogP contribution in [0.25, 0.3) is 0 Å². The summed E-state index contributed by atoms with van der Waals surface area (Å²) in [5, 5.41) is 22.1. The van der Waals surface area contributed by atoms with Gasteiger partial charge in [0.15, 0.2) is 5.69 Å². The van der Waals surface area contributed by atoms with Crippen molar-refractivity contribution in [3.8, 4) is 0 Å². The number of aromatic carboxylic acids is 1. The fourth-order valence-corrected chi connectivity index (χ4v) is 1.80. The summed E-state index contributed by atoms with van der Waals surface area (Å²) in [6, 6.07) is -0.0625. The van der Waals surface area contributed by atoms with Gasteiger partial charge in [0.25, 0.3) is 5.91 Å². The van der Waals surface area contributed by atoms with Crippen molar-refractivity contribution in [1.29, 1.82) is 0 Å². The summed E-state index contributed by atoms with van der Waals surface area (Å²) in [6.07, 6.45) is 2.62. The van der Waals surface area contributed by atoms with Gasteiger partial charge in [-0.1, -0.05) is 5.21 Å². The molecule has 2 aromatic rings. The lowest BCUT2D eigenvalue weighted by Crippen LogP contribution is -2.51. The number of rotatable bonds is 3. The topological polar surface area (TPSA) is 130 Å². The highest BCUT2D eigenvalue weighted by Gasteiger charge is 2.34. The largest absolute Gasteiger partial charge is 0.476 e. The molecule has 2 N–H and O–H groups in total. The van der Waals surface area contributed by atoms with E-state index in [0.717, 1.165) is 0 Å². The van der Waals surface area contributed by atoms with E-state index in [0.29, 0.717) is 13.1 Å². The summed E-state index contributed by atoms with van der Waals surface area (Å²) < 4.78 is 1.45. The Balaban J connectivity index is 1.63. The van der Waals surface area contributed by atoms with Crippen molar-refractivity contribution in [2.75, 3.05) is 13.1 Å². The minimum atomic E-state index is -1.12. The van der Waals surface area contributed by atoms with Gasteiger partial charge in [0.05, 0.1) is 12.2 Å². The van der Waals surface area contributed by atoms with E-state index in [-0.39, 0.29) is 23.5 Å². The van der Waals surface area contributed by atoms with Crippen molar-refractivity contribution in [2.45, 2.75) is 6.04 Å². The van der Waals surface area contributed by atoms with Crippen LogP contribution in [0, 0.1) is 0 Å². The predicted octanol–water partition coefficient (Wildman–Crippen LogP) is -1.21. The number of aromatic nitrogens is 6. The molecule has 3 heterocycles. The van der Waals surface area contributed by atoms with Gasteiger partial charge in [-0.05, 0) is 0 Å². The lowest BCUT2D eigenvalue weighted by atomic mass is 10.1. The van der Waals surface area contributed by atoms with Crippen LogP contribution in [0.4, 0.5) is 0 Å². The number of likely N-dealkylation sites (tertiary alicyclic amines) is 1. The molecule has 3 rings (SSSR count). The van der Waals surface area contributed by atoms with Crippen LogP contribution in [0.1, 0.15) is 27.1 Å². The van der Waals surface area contributed by atoms with Gasteiger partial charge in [-0.25, -0.2) is 14.5 Å². The third kappa shape index (κ3) is 1.92. The van der Waals surface area contributed by atoms with Crippen LogP contribution in [0.2, 0.25) is 0 Å². The zero-order valence-corrected chi connectivity index (χ0v) is 9.59. The van der Waals surface area contributed by atoms with Crippen molar-refractivity contribution in [3.05, 3.63) is 24.0 Å². The van der Waals surface area contributed by atoms with E-state index in [9.17, 15) is 9.59 Å². The van der Waals surface area contributed by atoms with Crippen molar-refractivity contribution < 1.29 is 14.7 Å². The molecule has 1 saturated heterocycles. The zero-order valence-electron chi connectivity index (χ0n) is 9.59. The average Bonchev–Trinajstić information content (AvgIpc) is 2.98. The Morgan fingerprint density at radius 2 is 2.21 bits per heavy atom. The van der Waals surface area contributed by atoms with Crippen molar-refractivity contribution >= 4 is 11.9 Å². The first kappa shape index (κ1) is 11.3. The summed E-state index contributed by atoms with van der Waals surface area (Å²) in [6.45, 7) is 0.865. The summed E-state index contributed by atoms with van der Waals surface area (Å²) in [4.78, 5) is 27.8. The van der Waals surface area contributed by atoms with E-state index in [2.05, 4.69) is 25.5 Å². The summed E-state index contributed by atoms with van der Waals surface area (Å²) >= 11 is 0. The Hall–Kier alpha value is -2.78. The zero-order chi connectivity index (χ0) is 13.4. The first-order chi connectivity index (χ1) is 9.15. The summed E-state index contributed by atoms with van der Waals surface area (Å²) in [7, 11) is 0. The van der Waals surface area contributed by atoms with E-state index in [1.807, 2.05) is 0 Å². The van der Waals surface area contributed by atoms with Gasteiger partial charge in [-0.2, -0.15) is 5.10 Å². The van der Waals surface area contributed by atoms with E-state index in [1.54, 1.807) is 4.90 Å². The number of carbonyl (C=O) groups is 2. The Labute approximate surface area is 106 Å². The van der Waals surface area contributed by atoms with Crippen molar-refractivity contribution in [2.24, 2.45) is 0 Å². The Bertz CT molecular complexity index is 614. The number of carbonyl (C=O) groups excluding carboxylic acids is 1. The van der Waals surface area contributed by atoms with Crippen LogP contribution in [0.15, 0.2) is 12.5 Å². The maximum atomic E-state index is 11.8. The highest BCUT2D eigenvalue weighted by molar-refractivity contribution is 5.90. The second-order valence-electron chi connectivity index (χ2n) is 4.09. The lowest BCUT2D eigenvalue weighted by Gasteiger charge is -2.38. The van der Waals surface area contributed by atoms with Gasteiger partial charge in [0.2, 0.25) is 5.82 Å². The fraction of sp³-hybridized carbons (Fsp3) is 0.333. The molecular formula is C9H9N7O3. The highest BCUT2D eigenvalue weighted by Crippen LogP contribution is 2.21. The van der Waals surface area contributed by atoms with Crippen LogP contribution in [0.3, 0.4) is 0 Å². The van der Waals surface area contributed by atoms with E-state index >= 15 is 0 Å². The van der Waals surface area contributed by atoms with Gasteiger partial charge in [0, 0.05) is 13.1 Å². The van der Waals surface area contributed by atoms with Gasteiger partial charge < -0.3 is 10.0 Å². The Kier molecular flexibility index (Phi) is 2.47. The maximum absolute atomic E-state index is 11.8. The van der Waals surface area contributed by atoms with Crippen molar-refractivity contribution in [1.82, 2.24) is 35.1 Å². The third-order valence-electron chi connectivity index (χ3n) is 2.87. The first-order valence-corrected chi connectivity index (χ1v) is 5.45. The van der Waals surface area contributed by atoms with Gasteiger partial charge in [-0.3, -0.25) is 9.89 Å². The van der Waals surface area contributed by atoms with Gasteiger partial charge in [0.1, 0.15) is 6.33 Å². The fourth-order valence-electron chi connectivity index (χ4n) is 1.80. The number of nitrogens with zero attached hydrogens (tertiary/aromatic N) is 6. The van der Waals surface area contributed by atoms with Crippen LogP contribution in [0.5, 0.6) is 0 Å². The Morgan fingerprint density at radius 3 is 2.79 bits per heavy atom. The number of hydrogen-bond donors (Lipinski definition) is 2. The monoisotopic (exact) mass is 263 g/mol. The molecular weight excluding hydrogens is 254 g/mol. The molecule has 0 atom stereocenters. The summed E-state index contributed by atoms with van der Waals surface area (Å²) in [5.41, 5.74) is -0.111. The summed E-state index contributed by atoms with van der Waals surface area (Å²) in [5.74, 6) is -1.18. The van der Waals surface area contributed by atoms with Crippen LogP contribution >= 0.6 is 0 Å². The molecule has 0 aliphatic carbocycles. The molecule has 0 bridgehead atoms. The minimum absolute atomic E-state index is 0.0625. The molecule has 19 heavy (non-hydrogen) atoms. The SMILES string of the molecule is O=C(O)c1cn(C2CN(C(=O)c3ncn[nH]3)C2)nn1. The minimum Gasteiger partial charge on any atom is -0.476 e. The molecule has 98 valence electrons. The molecule has 1 aliphatic heterocycles. The number of carboxylic acid groups (broad SMARTS) is 1. The first-order valence-electron chi connectivity index (χ1n) is 5.45. The molecule has 0 saturated carbocycles. The number of carboxylic acids is 1. The maximum Gasteiger partial charge on any atom is 0.358 e. The Morgan fingerprint density at radius 1 is 1.42 bits per heavy atom. The molecule has 1 aliphatic rings. The second kappa shape index (κ2) is 4.15. The standard InChI is InChI=1S/C9H9N7O3/c17-8(7-10-4-11-13-7)15-1-5(2-15)16-3-6(9(18)19)12-14-16/h3-5H,1-2H2,(H,18,19)(H,10,11,13). The molecule has 2 aromatic heterocycles. The van der Waals surface area contributed by atoms with E-state index in [4.69, 9.17) is 5.11 Å². The molecule has 10 heteroatoms. The third-order valence-corrected chi connectivity index (χ3v) is 2.87. The average molecular weight is 263 g/mol. The highest BCUT2D eigenvalue weighted by atomic mass is 16.4. The number of aromatic amines is 1. The number of hydrogen-bond acceptors (Lipinski definition) is 6. The quantitative estimate of drug-likeness (QED) is 0.710. The normalized spacial score (nSPS) is 15.3. The number of H-pyrrole nitrogens is 1. The second-order valence-corrected chi connectivity index (χ2v) is 4.09. The van der Waals surface area contributed by atoms with Crippen LogP contribution in [-0.2, 0) is 0 Å². The van der Waals surface area contributed by atoms with Crippen molar-refractivity contribution in [3.63, 3.8) is 0 Å². The van der Waals surface area contributed by atoms with Gasteiger partial charge >= 0.3 is 5.97 Å². The van der Waals surface area contributed by atoms with E-state index in [1.165, 1.54) is 17.2 Å². The molecule has 0 radical (unpaired) electrons. The number of amides is 1. The molecule has 1 fully saturated rings. The lowest BCUT2D eigenvalue weighted by molar-refractivity contribution is 0.0485. The van der Waals surface area contributed by atoms with Crippen LogP contribution in [-0.4, -0.2) is 65.1 Å². The molecule has 10 nitrogen and oxygen atoms in total. The molecule has 0 unspecified atom stereocenters. The number of nitrogens with one attached hydrogen (secondary N) is 1. The van der Waals surface area contributed by atoms with Crippen LogP contribution < -0.4 is 0 Å². The van der Waals surface area contributed by atoms with Gasteiger partial charge in [-0.15, -0.1) is 5.10 Å². The molecule has 0 aromatic carbocycles. The predicted molar refractivity (Wildman–Crippen MR) is 58.3 cm³/mol. The van der Waals surface area contributed by atoms with E-state index < -0.39 is 5.97 Å². The molecule has 1 amide bonds. The molecule has 0 spiro atoms. The smallest absolute Gasteiger partial charge is 0.358 e.